The summed E-state index contributed by atoms with van der Waals surface area (Å²) in [5.41, 5.74) is 7.41. The largest absolute Gasteiger partial charge is 0.494 e. The fourth-order valence-corrected chi connectivity index (χ4v) is 1.78. The highest BCUT2D eigenvalue weighted by Crippen LogP contribution is 2.25. The van der Waals surface area contributed by atoms with E-state index in [9.17, 15) is 4.39 Å². The van der Waals surface area contributed by atoms with Gasteiger partial charge in [-0.2, -0.15) is 0 Å². The maximum absolute atomic E-state index is 13.1. The van der Waals surface area contributed by atoms with Crippen LogP contribution in [0.5, 0.6) is 5.75 Å². The van der Waals surface area contributed by atoms with Crippen molar-refractivity contribution in [1.82, 2.24) is 4.98 Å². The lowest BCUT2D eigenvalue weighted by atomic mass is 10.2. The smallest absolute Gasteiger partial charge is 0.188 e. The van der Waals surface area contributed by atoms with Crippen molar-refractivity contribution in [2.45, 2.75) is 6.54 Å². The Bertz CT molecular complexity index is 661. The van der Waals surface area contributed by atoms with Crippen LogP contribution in [0.1, 0.15) is 11.3 Å². The van der Waals surface area contributed by atoms with Gasteiger partial charge in [-0.15, -0.1) is 0 Å². The van der Waals surface area contributed by atoms with Crippen molar-refractivity contribution in [2.24, 2.45) is 10.9 Å². The second kappa shape index (κ2) is 6.56. The third-order valence-electron chi connectivity index (χ3n) is 2.84. The lowest BCUT2D eigenvalue weighted by Gasteiger charge is -2.11. The SMILES string of the molecule is COc1cc(F)ccc1NCc1ccnc(C(N)=NO)c1. The molecule has 0 saturated carbocycles. The van der Waals surface area contributed by atoms with Crippen LogP contribution in [0.25, 0.3) is 0 Å². The zero-order valence-electron chi connectivity index (χ0n) is 11.4. The average Bonchev–Trinajstić information content (AvgIpc) is 2.53. The molecule has 2 rings (SSSR count). The fraction of sp³-hybridized carbons (Fsp3) is 0.143. The summed E-state index contributed by atoms with van der Waals surface area (Å²) in [6.07, 6.45) is 1.56. The Hall–Kier alpha value is -2.83. The minimum Gasteiger partial charge on any atom is -0.494 e. The number of ether oxygens (including phenoxy) is 1. The highest BCUT2D eigenvalue weighted by molar-refractivity contribution is 5.95. The summed E-state index contributed by atoms with van der Waals surface area (Å²) < 4.78 is 18.2. The molecule has 0 bridgehead atoms. The van der Waals surface area contributed by atoms with Crippen molar-refractivity contribution < 1.29 is 14.3 Å². The number of halogens is 1. The van der Waals surface area contributed by atoms with Gasteiger partial charge < -0.3 is 21.0 Å². The molecule has 0 spiro atoms. The molecule has 6 nitrogen and oxygen atoms in total. The minimum atomic E-state index is -0.365. The number of hydrogen-bond acceptors (Lipinski definition) is 5. The number of amidine groups is 1. The zero-order chi connectivity index (χ0) is 15.2. The number of nitrogens with one attached hydrogen (secondary N) is 1. The molecule has 0 unspecified atom stereocenters. The third kappa shape index (κ3) is 3.59. The molecular formula is C14H15FN4O2. The predicted octanol–water partition coefficient (Wildman–Crippen LogP) is 1.94. The Morgan fingerprint density at radius 3 is 2.95 bits per heavy atom. The summed E-state index contributed by atoms with van der Waals surface area (Å²) in [5.74, 6) is -0.00699. The van der Waals surface area contributed by atoms with Gasteiger partial charge in [-0.25, -0.2) is 4.39 Å². The molecule has 0 saturated heterocycles. The van der Waals surface area contributed by atoms with Crippen molar-refractivity contribution in [3.63, 3.8) is 0 Å². The fourth-order valence-electron chi connectivity index (χ4n) is 1.78. The Balaban J connectivity index is 2.13. The van der Waals surface area contributed by atoms with E-state index in [-0.39, 0.29) is 11.7 Å². The van der Waals surface area contributed by atoms with Crippen molar-refractivity contribution in [2.75, 3.05) is 12.4 Å². The molecular weight excluding hydrogens is 275 g/mol. The van der Waals surface area contributed by atoms with E-state index in [1.165, 1.54) is 19.2 Å². The number of oxime groups is 1. The van der Waals surface area contributed by atoms with Gasteiger partial charge in [0.2, 0.25) is 0 Å². The van der Waals surface area contributed by atoms with Crippen LogP contribution in [0.4, 0.5) is 10.1 Å². The number of nitrogens with zero attached hydrogens (tertiary/aromatic N) is 2. The van der Waals surface area contributed by atoms with Crippen molar-refractivity contribution in [3.05, 3.63) is 53.6 Å². The summed E-state index contributed by atoms with van der Waals surface area (Å²) in [5, 5.41) is 14.7. The van der Waals surface area contributed by atoms with Crippen LogP contribution in [0.15, 0.2) is 41.7 Å². The number of hydrogen-bond donors (Lipinski definition) is 3. The van der Waals surface area contributed by atoms with Crippen molar-refractivity contribution >= 4 is 11.5 Å². The molecule has 110 valence electrons. The first-order valence-electron chi connectivity index (χ1n) is 6.14. The van der Waals surface area contributed by atoms with Gasteiger partial charge in [-0.1, -0.05) is 5.16 Å². The molecule has 0 aliphatic heterocycles. The van der Waals surface area contributed by atoms with Gasteiger partial charge in [0.05, 0.1) is 12.8 Å². The monoisotopic (exact) mass is 290 g/mol. The number of anilines is 1. The lowest BCUT2D eigenvalue weighted by Crippen LogP contribution is -2.15. The van der Waals surface area contributed by atoms with Gasteiger partial charge in [0.1, 0.15) is 17.3 Å². The van der Waals surface area contributed by atoms with Gasteiger partial charge in [-0.05, 0) is 29.8 Å². The van der Waals surface area contributed by atoms with E-state index >= 15 is 0 Å². The highest BCUT2D eigenvalue weighted by Gasteiger charge is 2.06. The lowest BCUT2D eigenvalue weighted by molar-refractivity contribution is 0.318. The van der Waals surface area contributed by atoms with Gasteiger partial charge in [-0.3, -0.25) is 4.98 Å². The average molecular weight is 290 g/mol. The van der Waals surface area contributed by atoms with E-state index < -0.39 is 0 Å². The number of aromatic nitrogens is 1. The Morgan fingerprint density at radius 1 is 1.43 bits per heavy atom. The van der Waals surface area contributed by atoms with E-state index in [1.54, 1.807) is 24.4 Å². The summed E-state index contributed by atoms with van der Waals surface area (Å²) in [6, 6.07) is 7.73. The number of methoxy groups -OCH3 is 1. The molecule has 0 fully saturated rings. The Labute approximate surface area is 121 Å². The van der Waals surface area contributed by atoms with Crippen LogP contribution in [0, 0.1) is 5.82 Å². The molecule has 0 atom stereocenters. The standard InChI is InChI=1S/C14H15FN4O2/c1-21-13-7-10(15)2-3-11(13)18-8-9-4-5-17-12(6-9)14(16)19-20/h2-7,18,20H,8H2,1H3,(H2,16,19). The van der Waals surface area contributed by atoms with Crippen LogP contribution < -0.4 is 15.8 Å². The van der Waals surface area contributed by atoms with Crippen LogP contribution in [-0.4, -0.2) is 23.1 Å². The second-order valence-corrected chi connectivity index (χ2v) is 4.23. The van der Waals surface area contributed by atoms with E-state index in [0.717, 1.165) is 5.56 Å². The molecule has 0 aliphatic carbocycles. The number of rotatable bonds is 5. The van der Waals surface area contributed by atoms with Crippen molar-refractivity contribution in [3.8, 4) is 5.75 Å². The first-order valence-corrected chi connectivity index (χ1v) is 6.14. The Kier molecular flexibility index (Phi) is 4.55. The number of nitrogens with two attached hydrogens (primary N) is 1. The first-order chi connectivity index (χ1) is 10.1. The van der Waals surface area contributed by atoms with Gasteiger partial charge in [0.15, 0.2) is 5.84 Å². The molecule has 2 aromatic rings. The maximum atomic E-state index is 13.1. The molecule has 0 radical (unpaired) electrons. The molecule has 0 amide bonds. The van der Waals surface area contributed by atoms with Gasteiger partial charge >= 0.3 is 0 Å². The van der Waals surface area contributed by atoms with E-state index in [0.29, 0.717) is 23.7 Å². The normalized spacial score (nSPS) is 11.2. The molecule has 7 heteroatoms. The summed E-state index contributed by atoms with van der Waals surface area (Å²) >= 11 is 0. The van der Waals surface area contributed by atoms with Crippen LogP contribution >= 0.6 is 0 Å². The topological polar surface area (TPSA) is 92.8 Å². The van der Waals surface area contributed by atoms with Gasteiger partial charge in [0.25, 0.3) is 0 Å². The molecule has 21 heavy (non-hydrogen) atoms. The van der Waals surface area contributed by atoms with Crippen LogP contribution in [-0.2, 0) is 6.54 Å². The van der Waals surface area contributed by atoms with Crippen molar-refractivity contribution in [1.29, 1.82) is 0 Å². The minimum absolute atomic E-state index is 0.0591. The molecule has 0 aliphatic rings. The number of pyridine rings is 1. The molecule has 1 aromatic carbocycles. The number of benzene rings is 1. The summed E-state index contributed by atoms with van der Waals surface area (Å²) in [4.78, 5) is 3.99. The third-order valence-corrected chi connectivity index (χ3v) is 2.84. The van der Waals surface area contributed by atoms with E-state index in [4.69, 9.17) is 15.7 Å². The van der Waals surface area contributed by atoms with Gasteiger partial charge in [0, 0.05) is 18.8 Å². The van der Waals surface area contributed by atoms with Crippen LogP contribution in [0.2, 0.25) is 0 Å². The zero-order valence-corrected chi connectivity index (χ0v) is 11.4. The second-order valence-electron chi connectivity index (χ2n) is 4.23. The van der Waals surface area contributed by atoms with Crippen LogP contribution in [0.3, 0.4) is 0 Å². The van der Waals surface area contributed by atoms with E-state index in [1.807, 2.05) is 0 Å². The summed E-state index contributed by atoms with van der Waals surface area (Å²) in [6.45, 7) is 0.455. The molecule has 1 aromatic heterocycles. The quantitative estimate of drug-likeness (QED) is 0.339. The highest BCUT2D eigenvalue weighted by atomic mass is 19.1. The molecule has 4 N–H and O–H groups in total. The first kappa shape index (κ1) is 14.6. The van der Waals surface area contributed by atoms with E-state index in [2.05, 4.69) is 15.5 Å². The predicted molar refractivity (Wildman–Crippen MR) is 77.0 cm³/mol. The maximum Gasteiger partial charge on any atom is 0.188 e. The Morgan fingerprint density at radius 2 is 2.24 bits per heavy atom. The molecule has 1 heterocycles. The summed E-state index contributed by atoms with van der Waals surface area (Å²) in [7, 11) is 1.48.